The van der Waals surface area contributed by atoms with E-state index in [2.05, 4.69) is 191 Å². The number of carbonyl (C=O) groups is 2. The maximum Gasteiger partial charge on any atom is 0.226 e. The van der Waals surface area contributed by atoms with Crippen LogP contribution in [0.2, 0.25) is 0 Å². The third-order valence-electron chi connectivity index (χ3n) is 13.8. The molecule has 2 aromatic carbocycles. The van der Waals surface area contributed by atoms with Gasteiger partial charge in [-0.3, -0.25) is 14.6 Å². The quantitative estimate of drug-likeness (QED) is 0.0533. The second-order valence-corrected chi connectivity index (χ2v) is 23.0. The lowest BCUT2D eigenvalue weighted by Crippen LogP contribution is -2.32. The van der Waals surface area contributed by atoms with Gasteiger partial charge in [-0.1, -0.05) is 289 Å². The number of ketones is 1. The summed E-state index contributed by atoms with van der Waals surface area (Å²) in [6.45, 7) is 72.5. The van der Waals surface area contributed by atoms with Gasteiger partial charge in [-0.05, 0) is 174 Å². The fraction of sp³-hybridized carbons (Fsp3) is 0.642. The highest BCUT2D eigenvalue weighted by molar-refractivity contribution is 5.94. The largest absolute Gasteiger partial charge is 0.402 e. The van der Waals surface area contributed by atoms with Crippen molar-refractivity contribution in [3.63, 3.8) is 0 Å². The highest BCUT2D eigenvalue weighted by atomic mass is 16.2. The molecule has 1 heterocycles. The van der Waals surface area contributed by atoms with Crippen molar-refractivity contribution in [2.45, 2.75) is 316 Å². The minimum Gasteiger partial charge on any atom is -0.402 e. The Morgan fingerprint density at radius 2 is 1.10 bits per heavy atom. The number of nitrogens with two attached hydrogens (primary N) is 1. The third-order valence-corrected chi connectivity index (χ3v) is 13.8. The number of unbranched alkanes of at least 4 members (excludes halogenated alkanes) is 1. The highest BCUT2D eigenvalue weighted by Gasteiger charge is 2.18. The lowest BCUT2D eigenvalue weighted by Gasteiger charge is -2.19. The van der Waals surface area contributed by atoms with E-state index in [4.69, 9.17) is 5.73 Å². The Hall–Kier alpha value is -4.77. The minimum absolute atomic E-state index is 0.117. The normalized spacial score (nSPS) is 12.6. The summed E-state index contributed by atoms with van der Waals surface area (Å²) in [5.74, 6) is 3.53. The van der Waals surface area contributed by atoms with E-state index in [0.717, 1.165) is 65.6 Å². The molecule has 1 atom stereocenters. The first-order valence-corrected chi connectivity index (χ1v) is 34.5. The molecule has 0 saturated carbocycles. The van der Waals surface area contributed by atoms with Gasteiger partial charge >= 0.3 is 0 Å². The van der Waals surface area contributed by atoms with E-state index in [0.29, 0.717) is 11.8 Å². The Morgan fingerprint density at radius 1 is 0.674 bits per heavy atom. The van der Waals surface area contributed by atoms with Crippen LogP contribution in [0.1, 0.15) is 327 Å². The predicted molar refractivity (Wildman–Crippen MR) is 400 cm³/mol. The van der Waals surface area contributed by atoms with Crippen molar-refractivity contribution in [3.05, 3.63) is 153 Å². The lowest BCUT2D eigenvalue weighted by molar-refractivity contribution is -0.124. The van der Waals surface area contributed by atoms with Crippen LogP contribution in [0.3, 0.4) is 0 Å². The van der Waals surface area contributed by atoms with E-state index in [9.17, 15) is 9.59 Å². The van der Waals surface area contributed by atoms with Gasteiger partial charge in [-0.25, -0.2) is 0 Å². The number of aliphatic imine (C=N–C) groups is 1. The number of piperidine rings is 1. The number of aryl methyl sites for hydroxylation is 4. The van der Waals surface area contributed by atoms with E-state index in [1.165, 1.54) is 128 Å². The maximum absolute atomic E-state index is 11.2. The number of benzene rings is 2. The first-order chi connectivity index (χ1) is 40.6. The van der Waals surface area contributed by atoms with Gasteiger partial charge in [0.15, 0.2) is 5.78 Å². The smallest absolute Gasteiger partial charge is 0.226 e. The van der Waals surface area contributed by atoms with Crippen LogP contribution in [0.4, 0.5) is 0 Å². The average molecular weight is 1200 g/mol. The molecule has 3 rings (SSSR count). The van der Waals surface area contributed by atoms with Crippen LogP contribution < -0.4 is 11.1 Å². The number of nitrogens with one attached hydrogen (secondary N) is 1. The minimum atomic E-state index is 0.117. The summed E-state index contributed by atoms with van der Waals surface area (Å²) < 4.78 is 0. The summed E-state index contributed by atoms with van der Waals surface area (Å²) in [7, 11) is 1.77. The summed E-state index contributed by atoms with van der Waals surface area (Å²) in [6.07, 6.45) is 31.2. The van der Waals surface area contributed by atoms with Crippen molar-refractivity contribution >= 4 is 17.9 Å². The van der Waals surface area contributed by atoms with E-state index < -0.39 is 0 Å². The lowest BCUT2D eigenvalue weighted by atomic mass is 9.90. The van der Waals surface area contributed by atoms with Gasteiger partial charge in [0.25, 0.3) is 0 Å². The number of amides is 1. The molecule has 5 heteroatoms. The van der Waals surface area contributed by atoms with Crippen LogP contribution in [-0.2, 0) is 11.2 Å². The van der Waals surface area contributed by atoms with Gasteiger partial charge in [-0.2, -0.15) is 0 Å². The number of hydrogen-bond donors (Lipinski definition) is 2. The van der Waals surface area contributed by atoms with Crippen LogP contribution in [0.15, 0.2) is 125 Å². The molecule has 1 fully saturated rings. The molecule has 86 heavy (non-hydrogen) atoms. The molecule has 0 aliphatic carbocycles. The Kier molecular flexibility index (Phi) is 78.6. The van der Waals surface area contributed by atoms with Crippen molar-refractivity contribution in [2.75, 3.05) is 7.05 Å². The van der Waals surface area contributed by atoms with Gasteiger partial charge in [0.1, 0.15) is 0 Å². The van der Waals surface area contributed by atoms with Crippen molar-refractivity contribution < 1.29 is 9.59 Å². The molecule has 0 radical (unpaired) electrons. The van der Waals surface area contributed by atoms with Gasteiger partial charge in [0.05, 0.1) is 0 Å². The van der Waals surface area contributed by atoms with E-state index in [1.807, 2.05) is 99.7 Å². The molecule has 0 bridgehead atoms. The highest BCUT2D eigenvalue weighted by Crippen LogP contribution is 2.27. The molecule has 500 valence electrons. The number of carbonyl (C=O) groups excluding carboxylic acids is 2. The molecule has 2 aromatic rings. The molecule has 0 spiro atoms. The van der Waals surface area contributed by atoms with Crippen LogP contribution in [0, 0.1) is 44.4 Å². The molecule has 5 nitrogen and oxygen atoms in total. The van der Waals surface area contributed by atoms with Gasteiger partial charge in [0.2, 0.25) is 5.91 Å². The Balaban J connectivity index is -0.000000140. The van der Waals surface area contributed by atoms with Crippen molar-refractivity contribution in [1.82, 2.24) is 5.32 Å². The molecular formula is C81H149N3O2. The second kappa shape index (κ2) is 69.3. The van der Waals surface area contributed by atoms with Crippen LogP contribution in [-0.4, -0.2) is 25.0 Å². The Bertz CT molecular complexity index is 2060. The van der Waals surface area contributed by atoms with Crippen LogP contribution in [0.25, 0.3) is 0 Å². The molecule has 1 aliphatic rings. The average Bonchev–Trinajstić information content (AvgIpc) is 3.70. The number of Topliss-reactive ketones (excluding diaryl/α,β-unsaturated/α-hetero) is 1. The second-order valence-electron chi connectivity index (χ2n) is 23.0. The maximum atomic E-state index is 11.2. The number of hydrogen-bond acceptors (Lipinski definition) is 4. The van der Waals surface area contributed by atoms with Gasteiger partial charge < -0.3 is 11.1 Å². The summed E-state index contributed by atoms with van der Waals surface area (Å²) in [6, 6.07) is 12.7. The third kappa shape index (κ3) is 60.9. The zero-order chi connectivity index (χ0) is 68.8. The fourth-order valence-corrected chi connectivity index (χ4v) is 7.82. The predicted octanol–water partition coefficient (Wildman–Crippen LogP) is 26.3. The molecule has 0 aromatic heterocycles. The summed E-state index contributed by atoms with van der Waals surface area (Å²) in [5, 5.41) is 2.70. The zero-order valence-electron chi connectivity index (χ0n) is 63.2. The Labute approximate surface area is 540 Å². The summed E-state index contributed by atoms with van der Waals surface area (Å²) >= 11 is 0. The monoisotopic (exact) mass is 1200 g/mol. The SMILES string of the molecule is C=C(/C=C(\C)C(C)C)C(=C\C=NC)/C(=C/C=C(\C)N)CC.C=C(C)C.C=C1CCC(C)C(=O)N1.CC.CC.CC.CCC(C)C.CCCC.CCCC(CCC)CCC.CCCC(CCC)c1ccc(C(C)=O)cc1.CCc1cc(C)c(C)cc1C. The van der Waals surface area contributed by atoms with E-state index in [1.54, 1.807) is 14.0 Å². The molecule has 1 unspecified atom stereocenters. The standard InChI is InChI=1S/C19H30N2.C15H22O.C11H16.C10H22.C7H11NO.C5H12.C4H8.C4H10.3C2H6/c1-8-18(10-9-17(6)20)19(11-12-21-7)16(5)13-15(4)14(2)3;1-4-6-14(7-5-2)15-10-8-13(9-11-15)12(3)16;1-5-11-7-9(3)8(2)6-10(11)4;1-4-7-10(8-5-2)9-6-3;1-5-3-4-6(2)8-7(5)9;1-4-5(2)3;1-4(2)3;1-3-4-2;3*1-2/h9-14H,5,8,20H2,1-4,6-7H3;8-11,14H,4-7H2,1-3H3;6-7H,5H2,1-4H3;10H,4-9H2,1-3H3;5H,2-4H2,1H3,(H,8,9);5H,4H2,1-3H3;1H2,2-3H3;3-4H2,1-2H3;3*1-2H3/b15-13+,17-9+,18-10+,19-11+,21-12?;;;;;;;;;;. The topological polar surface area (TPSA) is 84.5 Å². The first kappa shape index (κ1) is 97.5. The molecule has 1 amide bonds. The van der Waals surface area contributed by atoms with E-state index >= 15 is 0 Å². The Morgan fingerprint density at radius 3 is 1.42 bits per heavy atom. The van der Waals surface area contributed by atoms with Crippen LogP contribution >= 0.6 is 0 Å². The summed E-state index contributed by atoms with van der Waals surface area (Å²) in [5.41, 5.74) is 21.1. The molecular weight excluding hydrogens is 1050 g/mol. The number of rotatable bonds is 22. The number of nitrogens with zero attached hydrogens (tertiary/aromatic N) is 1. The molecule has 1 aliphatic heterocycles. The molecule has 3 N–H and O–H groups in total. The van der Waals surface area contributed by atoms with Gasteiger partial charge in [0, 0.05) is 36.1 Å². The van der Waals surface area contributed by atoms with E-state index in [-0.39, 0.29) is 17.6 Å². The van der Waals surface area contributed by atoms with Gasteiger partial charge in [-0.15, -0.1) is 6.58 Å². The first-order valence-electron chi connectivity index (χ1n) is 34.5. The van der Waals surface area contributed by atoms with Crippen molar-refractivity contribution in [3.8, 4) is 0 Å². The fourth-order valence-electron chi connectivity index (χ4n) is 7.82. The molecule has 1 saturated heterocycles. The van der Waals surface area contributed by atoms with Crippen LogP contribution in [0.5, 0.6) is 0 Å². The zero-order valence-corrected chi connectivity index (χ0v) is 63.2. The van der Waals surface area contributed by atoms with Crippen molar-refractivity contribution in [1.29, 1.82) is 0 Å². The van der Waals surface area contributed by atoms with Crippen molar-refractivity contribution in [2.24, 2.45) is 34.4 Å². The number of allylic oxidation sites excluding steroid dienone is 11. The summed E-state index contributed by atoms with van der Waals surface area (Å²) in [4.78, 5) is 26.1.